The Morgan fingerprint density at radius 2 is 1.90 bits per heavy atom. The number of aliphatic hydroxyl groups excluding tert-OH is 1. The lowest BCUT2D eigenvalue weighted by Crippen LogP contribution is -2.37. The van der Waals surface area contributed by atoms with E-state index in [9.17, 15) is 14.7 Å². The number of aliphatic hydroxyl groups is 1. The molecule has 2 aromatic rings. The Labute approximate surface area is 116 Å². The van der Waals surface area contributed by atoms with Gasteiger partial charge in [0.1, 0.15) is 5.82 Å². The van der Waals surface area contributed by atoms with Crippen LogP contribution in [0.3, 0.4) is 0 Å². The number of imidazole rings is 1. The van der Waals surface area contributed by atoms with Crippen LogP contribution in [-0.4, -0.2) is 30.4 Å². The third-order valence-corrected chi connectivity index (χ3v) is 3.50. The molecule has 0 aliphatic rings. The lowest BCUT2D eigenvalue weighted by Gasteiger charge is -2.07. The molecule has 7 nitrogen and oxygen atoms in total. The largest absolute Gasteiger partial charge is 0.395 e. The lowest BCUT2D eigenvalue weighted by atomic mass is 10.2. The molecule has 2 rings (SSSR count). The van der Waals surface area contributed by atoms with Crippen LogP contribution in [0.25, 0.3) is 11.2 Å². The monoisotopic (exact) mass is 280 g/mol. The summed E-state index contributed by atoms with van der Waals surface area (Å²) in [6.45, 7) is 2.31. The van der Waals surface area contributed by atoms with Crippen LogP contribution in [0, 0.1) is 0 Å². The van der Waals surface area contributed by atoms with Crippen LogP contribution in [0.2, 0.25) is 0 Å². The Morgan fingerprint density at radius 3 is 2.50 bits per heavy atom. The van der Waals surface area contributed by atoms with Crippen LogP contribution >= 0.6 is 0 Å². The van der Waals surface area contributed by atoms with Crippen LogP contribution in [0.5, 0.6) is 0 Å². The van der Waals surface area contributed by atoms with Gasteiger partial charge >= 0.3 is 5.69 Å². The van der Waals surface area contributed by atoms with Gasteiger partial charge in [-0.15, -0.1) is 0 Å². The van der Waals surface area contributed by atoms with Gasteiger partial charge in [0.2, 0.25) is 0 Å². The molecule has 0 unspecified atom stereocenters. The summed E-state index contributed by atoms with van der Waals surface area (Å²) in [5.74, 6) is 0.745. The predicted molar refractivity (Wildman–Crippen MR) is 75.9 cm³/mol. The smallest absolute Gasteiger partial charge is 0.332 e. The zero-order valence-electron chi connectivity index (χ0n) is 12.1. The lowest BCUT2D eigenvalue weighted by molar-refractivity contribution is 0.275. The summed E-state index contributed by atoms with van der Waals surface area (Å²) in [6.07, 6.45) is 2.69. The van der Waals surface area contributed by atoms with Crippen molar-refractivity contribution in [2.24, 2.45) is 14.1 Å². The molecule has 0 spiro atoms. The van der Waals surface area contributed by atoms with Crippen molar-refractivity contribution in [3.63, 3.8) is 0 Å². The maximum absolute atomic E-state index is 12.3. The zero-order chi connectivity index (χ0) is 14.9. The van der Waals surface area contributed by atoms with Crippen LogP contribution in [0.4, 0.5) is 0 Å². The van der Waals surface area contributed by atoms with Crippen LogP contribution in [0.15, 0.2) is 9.59 Å². The van der Waals surface area contributed by atoms with E-state index in [1.54, 1.807) is 11.6 Å². The first kappa shape index (κ1) is 14.5. The van der Waals surface area contributed by atoms with Crippen molar-refractivity contribution in [1.82, 2.24) is 18.7 Å². The third-order valence-electron chi connectivity index (χ3n) is 3.50. The molecular formula is C13H20N4O3. The van der Waals surface area contributed by atoms with Gasteiger partial charge in [0, 0.05) is 27.1 Å². The Bertz CT molecular complexity index is 739. The third kappa shape index (κ3) is 2.18. The summed E-state index contributed by atoms with van der Waals surface area (Å²) in [6, 6.07) is 0. The second kappa shape index (κ2) is 5.62. The highest BCUT2D eigenvalue weighted by atomic mass is 16.3. The van der Waals surface area contributed by atoms with Crippen molar-refractivity contribution in [2.75, 3.05) is 6.61 Å². The average Bonchev–Trinajstić information content (AvgIpc) is 2.80. The molecule has 20 heavy (non-hydrogen) atoms. The highest BCUT2D eigenvalue weighted by molar-refractivity contribution is 5.71. The minimum atomic E-state index is -0.391. The molecule has 0 radical (unpaired) electrons. The number of hydrogen-bond acceptors (Lipinski definition) is 4. The summed E-state index contributed by atoms with van der Waals surface area (Å²) < 4.78 is 4.17. The molecule has 110 valence electrons. The first-order valence-electron chi connectivity index (χ1n) is 6.78. The van der Waals surface area contributed by atoms with E-state index < -0.39 is 5.69 Å². The fourth-order valence-corrected chi connectivity index (χ4v) is 2.36. The predicted octanol–water partition coefficient (Wildman–Crippen LogP) is -0.231. The standard InChI is InChI=1S/C13H20N4O3/c1-4-5-6-9-14-11-10(17(9)7-8-18)12(19)16(3)13(20)15(11)2/h18H,4-8H2,1-3H3. The molecular weight excluding hydrogens is 260 g/mol. The molecule has 0 atom stereocenters. The molecule has 0 fully saturated rings. The molecule has 0 aromatic carbocycles. The van der Waals surface area contributed by atoms with Crippen molar-refractivity contribution in [3.8, 4) is 0 Å². The molecule has 0 aliphatic heterocycles. The van der Waals surface area contributed by atoms with Gasteiger partial charge in [-0.1, -0.05) is 13.3 Å². The average molecular weight is 280 g/mol. The van der Waals surface area contributed by atoms with Crippen molar-refractivity contribution >= 4 is 11.2 Å². The van der Waals surface area contributed by atoms with Gasteiger partial charge in [0.15, 0.2) is 11.2 Å². The fourth-order valence-electron chi connectivity index (χ4n) is 2.36. The highest BCUT2D eigenvalue weighted by Gasteiger charge is 2.18. The maximum atomic E-state index is 12.3. The van der Waals surface area contributed by atoms with Gasteiger partial charge in [0.25, 0.3) is 5.56 Å². The van der Waals surface area contributed by atoms with Crippen molar-refractivity contribution in [2.45, 2.75) is 32.7 Å². The van der Waals surface area contributed by atoms with Gasteiger partial charge in [-0.3, -0.25) is 13.9 Å². The van der Waals surface area contributed by atoms with Crippen molar-refractivity contribution < 1.29 is 5.11 Å². The van der Waals surface area contributed by atoms with E-state index in [-0.39, 0.29) is 12.2 Å². The van der Waals surface area contributed by atoms with Crippen LogP contribution in [0.1, 0.15) is 25.6 Å². The summed E-state index contributed by atoms with van der Waals surface area (Å²) in [7, 11) is 3.05. The maximum Gasteiger partial charge on any atom is 0.332 e. The molecule has 0 saturated carbocycles. The Kier molecular flexibility index (Phi) is 4.08. The molecule has 2 heterocycles. The summed E-state index contributed by atoms with van der Waals surface area (Å²) >= 11 is 0. The highest BCUT2D eigenvalue weighted by Crippen LogP contribution is 2.13. The summed E-state index contributed by atoms with van der Waals surface area (Å²) in [4.78, 5) is 28.6. The minimum Gasteiger partial charge on any atom is -0.395 e. The SMILES string of the molecule is CCCCc1nc2c(c(=O)n(C)c(=O)n2C)n1CCO. The normalized spacial score (nSPS) is 11.4. The van der Waals surface area contributed by atoms with Crippen molar-refractivity contribution in [1.29, 1.82) is 0 Å². The van der Waals surface area contributed by atoms with Gasteiger partial charge in [-0.05, 0) is 6.42 Å². The van der Waals surface area contributed by atoms with Gasteiger partial charge in [-0.2, -0.15) is 0 Å². The number of nitrogens with zero attached hydrogens (tertiary/aromatic N) is 4. The molecule has 0 bridgehead atoms. The van der Waals surface area contributed by atoms with E-state index in [4.69, 9.17) is 0 Å². The second-order valence-electron chi connectivity index (χ2n) is 4.88. The summed E-state index contributed by atoms with van der Waals surface area (Å²) in [5, 5.41) is 9.21. The number of fused-ring (bicyclic) bond motifs is 1. The molecule has 7 heteroatoms. The number of unbranched alkanes of at least 4 members (excludes halogenated alkanes) is 1. The first-order chi connectivity index (χ1) is 9.52. The molecule has 0 amide bonds. The second-order valence-corrected chi connectivity index (χ2v) is 4.88. The van der Waals surface area contributed by atoms with E-state index in [1.165, 1.54) is 11.6 Å². The van der Waals surface area contributed by atoms with Gasteiger partial charge < -0.3 is 9.67 Å². The van der Waals surface area contributed by atoms with E-state index >= 15 is 0 Å². The van der Waals surface area contributed by atoms with E-state index in [2.05, 4.69) is 11.9 Å². The summed E-state index contributed by atoms with van der Waals surface area (Å²) in [5.41, 5.74) is 0.0115. The number of aromatic nitrogens is 4. The number of hydrogen-bond donors (Lipinski definition) is 1. The van der Waals surface area contributed by atoms with Gasteiger partial charge in [0.05, 0.1) is 6.61 Å². The van der Waals surface area contributed by atoms with Crippen LogP contribution in [-0.2, 0) is 27.1 Å². The van der Waals surface area contributed by atoms with E-state index in [0.717, 1.165) is 29.7 Å². The van der Waals surface area contributed by atoms with Gasteiger partial charge in [-0.25, -0.2) is 9.78 Å². The Hall–Kier alpha value is -1.89. The fraction of sp³-hybridized carbons (Fsp3) is 0.615. The van der Waals surface area contributed by atoms with Crippen LogP contribution < -0.4 is 11.2 Å². The molecule has 0 saturated heterocycles. The first-order valence-corrected chi connectivity index (χ1v) is 6.78. The van der Waals surface area contributed by atoms with E-state index in [0.29, 0.717) is 17.7 Å². The topological polar surface area (TPSA) is 82.0 Å². The number of rotatable bonds is 5. The zero-order valence-corrected chi connectivity index (χ0v) is 12.1. The molecule has 0 aliphatic carbocycles. The Balaban J connectivity index is 2.80. The molecule has 2 aromatic heterocycles. The quantitative estimate of drug-likeness (QED) is 0.820. The van der Waals surface area contributed by atoms with E-state index in [1.807, 2.05) is 0 Å². The Morgan fingerprint density at radius 1 is 1.20 bits per heavy atom. The minimum absolute atomic E-state index is 0.0728. The number of aryl methyl sites for hydroxylation is 2. The molecule has 1 N–H and O–H groups in total. The van der Waals surface area contributed by atoms with Crippen molar-refractivity contribution in [3.05, 3.63) is 26.7 Å².